The molecule has 0 unspecified atom stereocenters. The summed E-state index contributed by atoms with van der Waals surface area (Å²) in [5, 5.41) is 7.07. The van der Waals surface area contributed by atoms with Crippen molar-refractivity contribution >= 4 is 22.8 Å². The zero-order chi connectivity index (χ0) is 18.1. The fraction of sp³-hybridized carbons (Fsp3) is 0.412. The van der Waals surface area contributed by atoms with Gasteiger partial charge in [0, 0.05) is 30.4 Å². The molecule has 3 aromatic rings. The van der Waals surface area contributed by atoms with Crippen LogP contribution in [0.2, 0.25) is 0 Å². The van der Waals surface area contributed by atoms with Crippen molar-refractivity contribution in [1.29, 1.82) is 0 Å². The Labute approximate surface area is 150 Å². The number of H-pyrrole nitrogens is 1. The van der Waals surface area contributed by atoms with Crippen LogP contribution < -0.4 is 21.1 Å². The van der Waals surface area contributed by atoms with Crippen LogP contribution in [-0.2, 0) is 6.61 Å². The quantitative estimate of drug-likeness (QED) is 0.637. The van der Waals surface area contributed by atoms with Gasteiger partial charge in [-0.25, -0.2) is 15.0 Å². The number of fused-ring (bicyclic) bond motifs is 1. The third-order valence-corrected chi connectivity index (χ3v) is 4.75. The van der Waals surface area contributed by atoms with Crippen molar-refractivity contribution in [3.63, 3.8) is 0 Å². The van der Waals surface area contributed by atoms with E-state index in [1.54, 1.807) is 12.4 Å². The standard InChI is InChI=1S/C17H22N8O/c1-17(19)4-7-25(8-5-17)12-9-21-13-15(22-12)23-24-16(13)26-10-11-3-2-6-20-14(11)18/h2-3,6,9H,4-5,7-8,10,19H2,1H3,(H2,18,20)(H,22,23,24). The first-order valence-corrected chi connectivity index (χ1v) is 8.59. The van der Waals surface area contributed by atoms with Gasteiger partial charge in [-0.1, -0.05) is 6.07 Å². The van der Waals surface area contributed by atoms with Crippen LogP contribution in [0.4, 0.5) is 11.6 Å². The van der Waals surface area contributed by atoms with Crippen molar-refractivity contribution in [2.75, 3.05) is 23.7 Å². The van der Waals surface area contributed by atoms with Gasteiger partial charge in [0.15, 0.2) is 11.2 Å². The fourth-order valence-electron chi connectivity index (χ4n) is 2.99. The van der Waals surface area contributed by atoms with Crippen molar-refractivity contribution in [1.82, 2.24) is 25.1 Å². The van der Waals surface area contributed by atoms with Crippen molar-refractivity contribution in [2.24, 2.45) is 5.73 Å². The van der Waals surface area contributed by atoms with Crippen molar-refractivity contribution in [2.45, 2.75) is 31.9 Å². The lowest BCUT2D eigenvalue weighted by molar-refractivity contribution is 0.296. The highest BCUT2D eigenvalue weighted by molar-refractivity contribution is 5.77. The third kappa shape index (κ3) is 3.25. The number of pyridine rings is 1. The zero-order valence-corrected chi connectivity index (χ0v) is 14.6. The first kappa shape index (κ1) is 16.5. The first-order valence-electron chi connectivity index (χ1n) is 8.59. The molecule has 3 aromatic heterocycles. The molecule has 1 aliphatic rings. The summed E-state index contributed by atoms with van der Waals surface area (Å²) in [5.41, 5.74) is 13.9. The highest BCUT2D eigenvalue weighted by Crippen LogP contribution is 2.26. The molecule has 0 aliphatic carbocycles. The summed E-state index contributed by atoms with van der Waals surface area (Å²) in [5.74, 6) is 1.66. The Morgan fingerprint density at radius 1 is 1.31 bits per heavy atom. The Kier molecular flexibility index (Phi) is 4.08. The highest BCUT2D eigenvalue weighted by atomic mass is 16.5. The molecular formula is C17H22N8O. The maximum Gasteiger partial charge on any atom is 0.261 e. The molecule has 1 saturated heterocycles. The zero-order valence-electron chi connectivity index (χ0n) is 14.6. The molecule has 1 aliphatic heterocycles. The number of piperidine rings is 1. The van der Waals surface area contributed by atoms with Crippen LogP contribution in [0.25, 0.3) is 11.2 Å². The van der Waals surface area contributed by atoms with Gasteiger partial charge in [0.25, 0.3) is 5.88 Å². The summed E-state index contributed by atoms with van der Waals surface area (Å²) >= 11 is 0. The van der Waals surface area contributed by atoms with Gasteiger partial charge >= 0.3 is 0 Å². The third-order valence-electron chi connectivity index (χ3n) is 4.75. The van der Waals surface area contributed by atoms with Crippen LogP contribution in [0.15, 0.2) is 24.5 Å². The second-order valence-electron chi connectivity index (χ2n) is 6.93. The van der Waals surface area contributed by atoms with Crippen LogP contribution in [0.3, 0.4) is 0 Å². The molecule has 9 heteroatoms. The van der Waals surface area contributed by atoms with Crippen LogP contribution >= 0.6 is 0 Å². The molecule has 4 heterocycles. The summed E-state index contributed by atoms with van der Waals surface area (Å²) in [4.78, 5) is 15.3. The van der Waals surface area contributed by atoms with Crippen molar-refractivity contribution in [3.05, 3.63) is 30.1 Å². The number of rotatable bonds is 4. The number of hydrogen-bond donors (Lipinski definition) is 3. The number of nitrogens with two attached hydrogens (primary N) is 2. The van der Waals surface area contributed by atoms with E-state index in [0.717, 1.165) is 37.3 Å². The van der Waals surface area contributed by atoms with Crippen molar-refractivity contribution < 1.29 is 4.74 Å². The van der Waals surface area contributed by atoms with E-state index in [1.807, 2.05) is 12.1 Å². The Bertz CT molecular complexity index is 912. The van der Waals surface area contributed by atoms with Crippen LogP contribution in [0.1, 0.15) is 25.3 Å². The second kappa shape index (κ2) is 6.41. The van der Waals surface area contributed by atoms with Crippen LogP contribution in [0.5, 0.6) is 5.88 Å². The molecule has 0 saturated carbocycles. The predicted molar refractivity (Wildman–Crippen MR) is 98.7 cm³/mol. The Hall–Kier alpha value is -2.94. The maximum atomic E-state index is 6.20. The number of nitrogen functional groups attached to an aromatic ring is 1. The number of nitrogens with zero attached hydrogens (tertiary/aromatic N) is 5. The largest absolute Gasteiger partial charge is 0.470 e. The fourth-order valence-corrected chi connectivity index (χ4v) is 2.99. The lowest BCUT2D eigenvalue weighted by atomic mass is 9.91. The summed E-state index contributed by atoms with van der Waals surface area (Å²) in [6.07, 6.45) is 5.25. The van der Waals surface area contributed by atoms with Gasteiger partial charge in [-0.2, -0.15) is 0 Å². The molecule has 136 valence electrons. The maximum absolute atomic E-state index is 6.20. The lowest BCUT2D eigenvalue weighted by Crippen LogP contribution is -2.48. The molecule has 4 rings (SSSR count). The van der Waals surface area contributed by atoms with Gasteiger partial charge in [-0.15, -0.1) is 5.10 Å². The number of anilines is 2. The average molecular weight is 354 g/mol. The molecule has 0 atom stereocenters. The van der Waals surface area contributed by atoms with Gasteiger partial charge in [0.2, 0.25) is 0 Å². The topological polar surface area (TPSA) is 132 Å². The van der Waals surface area contributed by atoms with Crippen molar-refractivity contribution in [3.8, 4) is 5.88 Å². The monoisotopic (exact) mass is 354 g/mol. The molecule has 0 spiro atoms. The Morgan fingerprint density at radius 3 is 2.88 bits per heavy atom. The first-order chi connectivity index (χ1) is 12.5. The SMILES string of the molecule is CC1(N)CCN(c2cnc3c(OCc4cccnc4N)n[nH]c3n2)CC1. The number of nitrogens with one attached hydrogen (secondary N) is 1. The normalized spacial score (nSPS) is 16.8. The van der Waals surface area contributed by atoms with E-state index < -0.39 is 0 Å². The van der Waals surface area contributed by atoms with Gasteiger partial charge in [-0.3, -0.25) is 5.10 Å². The van der Waals surface area contributed by atoms with Gasteiger partial charge < -0.3 is 21.1 Å². The number of ether oxygens (including phenoxy) is 1. The van der Waals surface area contributed by atoms with E-state index in [2.05, 4.69) is 37.0 Å². The van der Waals surface area contributed by atoms with E-state index in [0.29, 0.717) is 22.9 Å². The summed E-state index contributed by atoms with van der Waals surface area (Å²) < 4.78 is 5.74. The number of hydrogen-bond acceptors (Lipinski definition) is 8. The molecule has 26 heavy (non-hydrogen) atoms. The molecule has 0 radical (unpaired) electrons. The molecule has 0 bridgehead atoms. The van der Waals surface area contributed by atoms with E-state index in [9.17, 15) is 0 Å². The molecular weight excluding hydrogens is 332 g/mol. The van der Waals surface area contributed by atoms with E-state index in [4.69, 9.17) is 16.2 Å². The molecule has 5 N–H and O–H groups in total. The smallest absolute Gasteiger partial charge is 0.261 e. The van der Waals surface area contributed by atoms with Crippen LogP contribution in [-0.4, -0.2) is 43.8 Å². The minimum Gasteiger partial charge on any atom is -0.470 e. The lowest BCUT2D eigenvalue weighted by Gasteiger charge is -2.37. The summed E-state index contributed by atoms with van der Waals surface area (Å²) in [7, 11) is 0. The molecule has 1 fully saturated rings. The number of aromatic amines is 1. The van der Waals surface area contributed by atoms with E-state index in [-0.39, 0.29) is 12.1 Å². The molecule has 9 nitrogen and oxygen atoms in total. The van der Waals surface area contributed by atoms with Gasteiger partial charge in [0.1, 0.15) is 18.2 Å². The molecule has 0 amide bonds. The van der Waals surface area contributed by atoms with E-state index >= 15 is 0 Å². The minimum absolute atomic E-state index is 0.100. The summed E-state index contributed by atoms with van der Waals surface area (Å²) in [6, 6.07) is 3.68. The molecule has 0 aromatic carbocycles. The predicted octanol–water partition coefficient (Wildman–Crippen LogP) is 1.23. The second-order valence-corrected chi connectivity index (χ2v) is 6.93. The Morgan fingerprint density at radius 2 is 2.12 bits per heavy atom. The Balaban J connectivity index is 1.50. The van der Waals surface area contributed by atoms with E-state index in [1.165, 1.54) is 0 Å². The highest BCUT2D eigenvalue weighted by Gasteiger charge is 2.27. The average Bonchev–Trinajstić information content (AvgIpc) is 3.03. The van der Waals surface area contributed by atoms with Crippen LogP contribution in [0, 0.1) is 0 Å². The number of aromatic nitrogens is 5. The summed E-state index contributed by atoms with van der Waals surface area (Å²) in [6.45, 7) is 4.09. The van der Waals surface area contributed by atoms with Gasteiger partial charge in [0.05, 0.1) is 6.20 Å². The van der Waals surface area contributed by atoms with Gasteiger partial charge in [-0.05, 0) is 25.8 Å². The minimum atomic E-state index is -0.100.